The molecule has 25 heavy (non-hydrogen) atoms. The Morgan fingerprint density at radius 2 is 1.76 bits per heavy atom. The van der Waals surface area contributed by atoms with Crippen LogP contribution in [0.25, 0.3) is 0 Å². The lowest BCUT2D eigenvalue weighted by molar-refractivity contribution is 0.0162. The molecule has 2 aromatic rings. The van der Waals surface area contributed by atoms with Crippen LogP contribution in [0, 0.1) is 0 Å². The second-order valence-corrected chi connectivity index (χ2v) is 6.19. The maximum Gasteiger partial charge on any atom is 0.251 e. The molecule has 132 valence electrons. The zero-order chi connectivity index (χ0) is 17.5. The van der Waals surface area contributed by atoms with E-state index in [2.05, 4.69) is 22.3 Å². The third kappa shape index (κ3) is 4.66. The monoisotopic (exact) mass is 339 g/mol. The Labute approximate surface area is 148 Å². The molecule has 2 aromatic carbocycles. The highest BCUT2D eigenvalue weighted by Gasteiger charge is 2.23. The molecule has 0 bridgehead atoms. The molecule has 1 amide bonds. The SMILES string of the molecule is NCc1ccc(C(=O)NCC(c2ccccc2)N2CCOCC2)cc1. The predicted octanol–water partition coefficient (Wildman–Crippen LogP) is 1.95. The van der Waals surface area contributed by atoms with E-state index in [-0.39, 0.29) is 11.9 Å². The fourth-order valence-electron chi connectivity index (χ4n) is 3.11. The van der Waals surface area contributed by atoms with Gasteiger partial charge in [-0.15, -0.1) is 0 Å². The van der Waals surface area contributed by atoms with Gasteiger partial charge < -0.3 is 15.8 Å². The van der Waals surface area contributed by atoms with Gasteiger partial charge in [-0.05, 0) is 23.3 Å². The van der Waals surface area contributed by atoms with E-state index < -0.39 is 0 Å². The molecule has 0 spiro atoms. The van der Waals surface area contributed by atoms with E-state index in [0.717, 1.165) is 31.9 Å². The number of hydrogen-bond donors (Lipinski definition) is 2. The number of nitrogens with one attached hydrogen (secondary N) is 1. The first-order chi connectivity index (χ1) is 12.3. The van der Waals surface area contributed by atoms with Gasteiger partial charge in [-0.2, -0.15) is 0 Å². The normalized spacial score (nSPS) is 16.4. The average molecular weight is 339 g/mol. The Morgan fingerprint density at radius 3 is 2.40 bits per heavy atom. The number of carbonyl (C=O) groups excluding carboxylic acids is 1. The maximum absolute atomic E-state index is 12.5. The molecule has 1 aliphatic heterocycles. The van der Waals surface area contributed by atoms with E-state index >= 15 is 0 Å². The lowest BCUT2D eigenvalue weighted by Crippen LogP contribution is -2.43. The summed E-state index contributed by atoms with van der Waals surface area (Å²) < 4.78 is 5.46. The number of nitrogens with zero attached hydrogens (tertiary/aromatic N) is 1. The minimum absolute atomic E-state index is 0.0576. The van der Waals surface area contributed by atoms with Gasteiger partial charge in [0.2, 0.25) is 0 Å². The summed E-state index contributed by atoms with van der Waals surface area (Å²) in [5.41, 5.74) is 8.50. The minimum atomic E-state index is -0.0576. The molecular formula is C20H25N3O2. The summed E-state index contributed by atoms with van der Waals surface area (Å²) in [4.78, 5) is 14.8. The van der Waals surface area contributed by atoms with Gasteiger partial charge in [0.05, 0.1) is 19.3 Å². The number of morpholine rings is 1. The van der Waals surface area contributed by atoms with Crippen LogP contribution >= 0.6 is 0 Å². The van der Waals surface area contributed by atoms with Crippen LogP contribution in [0.15, 0.2) is 54.6 Å². The Morgan fingerprint density at radius 1 is 1.08 bits per heavy atom. The molecule has 5 heteroatoms. The second kappa shape index (κ2) is 8.76. The van der Waals surface area contributed by atoms with Gasteiger partial charge in [0.1, 0.15) is 0 Å². The van der Waals surface area contributed by atoms with Gasteiger partial charge >= 0.3 is 0 Å². The Bertz CT molecular complexity index is 667. The highest BCUT2D eigenvalue weighted by atomic mass is 16.5. The summed E-state index contributed by atoms with van der Waals surface area (Å²) in [5.74, 6) is -0.0576. The van der Waals surface area contributed by atoms with E-state index in [0.29, 0.717) is 18.7 Å². The number of benzene rings is 2. The van der Waals surface area contributed by atoms with Crippen molar-refractivity contribution in [3.63, 3.8) is 0 Å². The summed E-state index contributed by atoms with van der Waals surface area (Å²) in [7, 11) is 0. The van der Waals surface area contributed by atoms with Gasteiger partial charge in [0.25, 0.3) is 5.91 Å². The average Bonchev–Trinajstić information content (AvgIpc) is 2.70. The van der Waals surface area contributed by atoms with Crippen LogP contribution in [0.3, 0.4) is 0 Å². The lowest BCUT2D eigenvalue weighted by atomic mass is 10.0. The van der Waals surface area contributed by atoms with Gasteiger partial charge in [0, 0.05) is 31.7 Å². The number of carbonyl (C=O) groups is 1. The zero-order valence-corrected chi connectivity index (χ0v) is 14.4. The van der Waals surface area contributed by atoms with Crippen LogP contribution in [-0.2, 0) is 11.3 Å². The Kier molecular flexibility index (Phi) is 6.17. The van der Waals surface area contributed by atoms with Crippen molar-refractivity contribution in [1.82, 2.24) is 10.2 Å². The molecule has 1 heterocycles. The fraction of sp³-hybridized carbons (Fsp3) is 0.350. The van der Waals surface area contributed by atoms with Crippen molar-refractivity contribution >= 4 is 5.91 Å². The summed E-state index contributed by atoms with van der Waals surface area (Å²) in [6, 6.07) is 17.9. The summed E-state index contributed by atoms with van der Waals surface area (Å²) >= 11 is 0. The fourth-order valence-corrected chi connectivity index (χ4v) is 3.11. The Hall–Kier alpha value is -2.21. The zero-order valence-electron chi connectivity index (χ0n) is 14.4. The molecule has 1 atom stereocenters. The predicted molar refractivity (Wildman–Crippen MR) is 98.2 cm³/mol. The smallest absolute Gasteiger partial charge is 0.251 e. The quantitative estimate of drug-likeness (QED) is 0.844. The minimum Gasteiger partial charge on any atom is -0.379 e. The first-order valence-corrected chi connectivity index (χ1v) is 8.72. The molecule has 0 saturated carbocycles. The van der Waals surface area contributed by atoms with Crippen molar-refractivity contribution in [1.29, 1.82) is 0 Å². The molecule has 0 aliphatic carbocycles. The Balaban J connectivity index is 1.68. The summed E-state index contributed by atoms with van der Waals surface area (Å²) in [6.45, 7) is 4.27. The summed E-state index contributed by atoms with van der Waals surface area (Å²) in [6.07, 6.45) is 0. The standard InChI is InChI=1S/C20H25N3O2/c21-14-16-6-8-18(9-7-16)20(24)22-15-19(17-4-2-1-3-5-17)23-10-12-25-13-11-23/h1-9,19H,10-15,21H2,(H,22,24). The van der Waals surface area contributed by atoms with Crippen molar-refractivity contribution in [2.75, 3.05) is 32.8 Å². The molecule has 5 nitrogen and oxygen atoms in total. The number of hydrogen-bond acceptors (Lipinski definition) is 4. The van der Waals surface area contributed by atoms with Crippen LogP contribution in [0.2, 0.25) is 0 Å². The molecule has 1 fully saturated rings. The van der Waals surface area contributed by atoms with Crippen molar-refractivity contribution in [2.45, 2.75) is 12.6 Å². The number of amides is 1. The van der Waals surface area contributed by atoms with E-state index in [1.54, 1.807) is 0 Å². The van der Waals surface area contributed by atoms with Crippen LogP contribution in [-0.4, -0.2) is 43.7 Å². The molecule has 3 N–H and O–H groups in total. The van der Waals surface area contributed by atoms with Crippen molar-refractivity contribution in [3.8, 4) is 0 Å². The van der Waals surface area contributed by atoms with Crippen molar-refractivity contribution < 1.29 is 9.53 Å². The topological polar surface area (TPSA) is 67.6 Å². The molecule has 1 aliphatic rings. The highest BCUT2D eigenvalue weighted by Crippen LogP contribution is 2.21. The second-order valence-electron chi connectivity index (χ2n) is 6.19. The van der Waals surface area contributed by atoms with Crippen molar-refractivity contribution in [2.24, 2.45) is 5.73 Å². The third-order valence-electron chi connectivity index (χ3n) is 4.58. The van der Waals surface area contributed by atoms with E-state index in [4.69, 9.17) is 10.5 Å². The molecule has 1 saturated heterocycles. The van der Waals surface area contributed by atoms with Crippen LogP contribution in [0.4, 0.5) is 0 Å². The molecule has 0 aromatic heterocycles. The van der Waals surface area contributed by atoms with Crippen LogP contribution < -0.4 is 11.1 Å². The van der Waals surface area contributed by atoms with Gasteiger partial charge in [-0.25, -0.2) is 0 Å². The lowest BCUT2D eigenvalue weighted by Gasteiger charge is -2.35. The molecule has 0 radical (unpaired) electrons. The van der Waals surface area contributed by atoms with E-state index in [9.17, 15) is 4.79 Å². The highest BCUT2D eigenvalue weighted by molar-refractivity contribution is 5.94. The largest absolute Gasteiger partial charge is 0.379 e. The van der Waals surface area contributed by atoms with Crippen molar-refractivity contribution in [3.05, 3.63) is 71.3 Å². The summed E-state index contributed by atoms with van der Waals surface area (Å²) in [5, 5.41) is 3.08. The van der Waals surface area contributed by atoms with E-state index in [1.807, 2.05) is 42.5 Å². The van der Waals surface area contributed by atoms with Gasteiger partial charge in [-0.1, -0.05) is 42.5 Å². The van der Waals surface area contributed by atoms with Crippen LogP contribution in [0.1, 0.15) is 27.5 Å². The molecular weight excluding hydrogens is 314 g/mol. The van der Waals surface area contributed by atoms with Gasteiger partial charge in [-0.3, -0.25) is 9.69 Å². The number of nitrogens with two attached hydrogens (primary N) is 1. The number of rotatable bonds is 6. The van der Waals surface area contributed by atoms with Crippen LogP contribution in [0.5, 0.6) is 0 Å². The van der Waals surface area contributed by atoms with E-state index in [1.165, 1.54) is 5.56 Å². The number of ether oxygens (including phenoxy) is 1. The molecule has 1 unspecified atom stereocenters. The first-order valence-electron chi connectivity index (χ1n) is 8.72. The maximum atomic E-state index is 12.5. The van der Waals surface area contributed by atoms with Gasteiger partial charge in [0.15, 0.2) is 0 Å². The third-order valence-corrected chi connectivity index (χ3v) is 4.58. The molecule has 3 rings (SSSR count). The first kappa shape index (κ1) is 17.6.